The highest BCUT2D eigenvalue weighted by molar-refractivity contribution is 6.08. The molecule has 0 atom stereocenters. The van der Waals surface area contributed by atoms with Crippen LogP contribution in [0.4, 0.5) is 0 Å². The summed E-state index contributed by atoms with van der Waals surface area (Å²) in [6.45, 7) is 6.38. The number of aromatic nitrogens is 1. The summed E-state index contributed by atoms with van der Waals surface area (Å²) in [5, 5.41) is 8.83. The lowest BCUT2D eigenvalue weighted by molar-refractivity contribution is 1.14. The summed E-state index contributed by atoms with van der Waals surface area (Å²) in [5.74, 6) is 6.66. The minimum absolute atomic E-state index is 0.786. The molecule has 1 aliphatic carbocycles. The minimum Gasteiger partial charge on any atom is -0.256 e. The normalized spacial score (nSPS) is 12.8. The van der Waals surface area contributed by atoms with E-state index in [0.29, 0.717) is 0 Å². The van der Waals surface area contributed by atoms with Gasteiger partial charge in [0.1, 0.15) is 0 Å². The molecule has 1 aliphatic rings. The van der Waals surface area contributed by atoms with Gasteiger partial charge < -0.3 is 0 Å². The van der Waals surface area contributed by atoms with Crippen LogP contribution in [0.2, 0.25) is 0 Å². The fourth-order valence-corrected chi connectivity index (χ4v) is 5.31. The first-order valence-electron chi connectivity index (χ1n) is 12.8. The van der Waals surface area contributed by atoms with Gasteiger partial charge in [-0.3, -0.25) is 4.98 Å². The second kappa shape index (κ2) is 9.76. The molecule has 0 spiro atoms. The Hall–Kier alpha value is -4.67. The zero-order valence-corrected chi connectivity index (χ0v) is 21.0. The van der Waals surface area contributed by atoms with Crippen molar-refractivity contribution in [2.24, 2.45) is 0 Å². The number of allylic oxidation sites excluding steroid dienone is 4. The van der Waals surface area contributed by atoms with Gasteiger partial charge in [-0.1, -0.05) is 110 Å². The maximum Gasteiger partial charge on any atom is 0.0739 e. The Labute approximate surface area is 217 Å². The third kappa shape index (κ3) is 4.28. The van der Waals surface area contributed by atoms with Gasteiger partial charge in [0, 0.05) is 22.7 Å². The van der Waals surface area contributed by atoms with Gasteiger partial charge in [0.15, 0.2) is 0 Å². The molecule has 1 nitrogen and oxygen atoms in total. The molecular weight excluding hydrogens is 446 g/mol. The molecule has 4 aromatic carbocycles. The van der Waals surface area contributed by atoms with E-state index in [0.717, 1.165) is 29.5 Å². The number of hydrogen-bond donors (Lipinski definition) is 0. The highest BCUT2D eigenvalue weighted by Gasteiger charge is 2.07. The van der Waals surface area contributed by atoms with Crippen molar-refractivity contribution in [2.45, 2.75) is 19.8 Å². The average Bonchev–Trinajstić information content (AvgIpc) is 3.17. The molecule has 0 aliphatic heterocycles. The van der Waals surface area contributed by atoms with Crippen molar-refractivity contribution in [3.8, 4) is 11.8 Å². The lowest BCUT2D eigenvalue weighted by atomic mass is 9.97. The number of hydrogen-bond acceptors (Lipinski definition) is 1. The summed E-state index contributed by atoms with van der Waals surface area (Å²) < 4.78 is 0. The monoisotopic (exact) mass is 473 g/mol. The van der Waals surface area contributed by atoms with E-state index in [1.165, 1.54) is 48.5 Å². The van der Waals surface area contributed by atoms with Crippen LogP contribution in [0.5, 0.6) is 0 Å². The molecule has 0 saturated heterocycles. The first-order valence-corrected chi connectivity index (χ1v) is 12.8. The van der Waals surface area contributed by atoms with Gasteiger partial charge in [-0.25, -0.2) is 0 Å². The van der Waals surface area contributed by atoms with Crippen LogP contribution in [0.25, 0.3) is 50.7 Å². The van der Waals surface area contributed by atoms with Crippen LogP contribution < -0.4 is 10.4 Å². The van der Waals surface area contributed by atoms with Crippen molar-refractivity contribution in [3.63, 3.8) is 0 Å². The predicted octanol–water partition coefficient (Wildman–Crippen LogP) is 7.27. The van der Waals surface area contributed by atoms with Gasteiger partial charge in [-0.15, -0.1) is 0 Å². The van der Waals surface area contributed by atoms with E-state index in [-0.39, 0.29) is 0 Å². The maximum absolute atomic E-state index is 4.61. The highest BCUT2D eigenvalue weighted by Crippen LogP contribution is 2.23. The maximum atomic E-state index is 4.61. The summed E-state index contributed by atoms with van der Waals surface area (Å²) in [4.78, 5) is 4.61. The Balaban J connectivity index is 1.36. The number of benzene rings is 4. The van der Waals surface area contributed by atoms with Crippen molar-refractivity contribution in [3.05, 3.63) is 130 Å². The molecule has 1 aromatic heterocycles. The SMILES string of the molecule is C=C(C#CC1=CCC=c2c(c3ccccc3c3ccccc23)=C1)/C=C\c1ccc2cccnc2c1CC. The van der Waals surface area contributed by atoms with Gasteiger partial charge in [-0.2, -0.15) is 0 Å². The molecule has 1 heteroatoms. The summed E-state index contributed by atoms with van der Waals surface area (Å²) in [5.41, 5.74) is 5.29. The Kier molecular flexibility index (Phi) is 6.01. The molecule has 1 heterocycles. The standard InChI is InChI=1S/C36H27N/c1-3-29-27(21-22-28-11-9-23-37-36(28)29)20-18-25(2)17-19-26-10-8-16-34-32-14-5-4-12-30(32)31-13-6-7-15-33(31)35(34)24-26/h4-7,9-16,18,20-24H,2-3,8H2,1H3/b20-18-. The fourth-order valence-electron chi connectivity index (χ4n) is 5.31. The number of rotatable bonds is 3. The molecule has 0 saturated carbocycles. The summed E-state index contributed by atoms with van der Waals surface area (Å²) in [7, 11) is 0. The van der Waals surface area contributed by atoms with Gasteiger partial charge >= 0.3 is 0 Å². The Morgan fingerprint density at radius 1 is 0.865 bits per heavy atom. The largest absolute Gasteiger partial charge is 0.256 e. The van der Waals surface area contributed by atoms with E-state index in [1.54, 1.807) is 0 Å². The van der Waals surface area contributed by atoms with E-state index >= 15 is 0 Å². The molecule has 0 amide bonds. The zero-order valence-electron chi connectivity index (χ0n) is 21.0. The molecule has 37 heavy (non-hydrogen) atoms. The fraction of sp³-hybridized carbons (Fsp3) is 0.0833. The van der Waals surface area contributed by atoms with E-state index < -0.39 is 0 Å². The van der Waals surface area contributed by atoms with Crippen LogP contribution >= 0.6 is 0 Å². The predicted molar refractivity (Wildman–Crippen MR) is 159 cm³/mol. The first-order chi connectivity index (χ1) is 18.2. The van der Waals surface area contributed by atoms with Crippen molar-refractivity contribution in [2.75, 3.05) is 0 Å². The second-order valence-electron chi connectivity index (χ2n) is 9.33. The molecular formula is C36H27N. The number of nitrogens with zero attached hydrogens (tertiary/aromatic N) is 1. The minimum atomic E-state index is 0.786. The molecule has 0 bridgehead atoms. The van der Waals surface area contributed by atoms with Crippen LogP contribution in [0.3, 0.4) is 0 Å². The zero-order chi connectivity index (χ0) is 25.2. The van der Waals surface area contributed by atoms with Crippen LogP contribution in [-0.4, -0.2) is 4.98 Å². The molecule has 5 aromatic rings. The van der Waals surface area contributed by atoms with Crippen molar-refractivity contribution in [1.82, 2.24) is 4.98 Å². The van der Waals surface area contributed by atoms with E-state index in [9.17, 15) is 0 Å². The van der Waals surface area contributed by atoms with Crippen LogP contribution in [-0.2, 0) is 6.42 Å². The Morgan fingerprint density at radius 2 is 1.59 bits per heavy atom. The topological polar surface area (TPSA) is 12.9 Å². The molecule has 0 N–H and O–H groups in total. The Bertz CT molecular complexity index is 1960. The second-order valence-corrected chi connectivity index (χ2v) is 9.33. The molecule has 0 unspecified atom stereocenters. The Morgan fingerprint density at radius 3 is 2.35 bits per heavy atom. The first kappa shape index (κ1) is 22.8. The number of aryl methyl sites for hydroxylation is 1. The highest BCUT2D eigenvalue weighted by atomic mass is 14.6. The average molecular weight is 474 g/mol. The van der Waals surface area contributed by atoms with Gasteiger partial charge in [0.2, 0.25) is 0 Å². The van der Waals surface area contributed by atoms with Gasteiger partial charge in [0.25, 0.3) is 0 Å². The van der Waals surface area contributed by atoms with Gasteiger partial charge in [0.05, 0.1) is 5.52 Å². The van der Waals surface area contributed by atoms with Gasteiger partial charge in [-0.05, 0) is 74.2 Å². The smallest absolute Gasteiger partial charge is 0.0739 e. The van der Waals surface area contributed by atoms with Crippen LogP contribution in [0.15, 0.2) is 109 Å². The lowest BCUT2D eigenvalue weighted by Gasteiger charge is -2.07. The van der Waals surface area contributed by atoms with E-state index in [2.05, 4.69) is 121 Å². The van der Waals surface area contributed by atoms with Crippen molar-refractivity contribution in [1.29, 1.82) is 0 Å². The molecule has 176 valence electrons. The van der Waals surface area contributed by atoms with E-state index in [4.69, 9.17) is 0 Å². The van der Waals surface area contributed by atoms with Crippen molar-refractivity contribution < 1.29 is 0 Å². The summed E-state index contributed by atoms with van der Waals surface area (Å²) in [6, 6.07) is 25.7. The number of pyridine rings is 1. The van der Waals surface area contributed by atoms with Crippen LogP contribution in [0, 0.1) is 11.8 Å². The third-order valence-electron chi connectivity index (χ3n) is 7.08. The lowest BCUT2D eigenvalue weighted by Crippen LogP contribution is -2.26. The third-order valence-corrected chi connectivity index (χ3v) is 7.08. The molecule has 0 radical (unpaired) electrons. The number of fused-ring (bicyclic) bond motifs is 7. The molecule has 0 fully saturated rings. The van der Waals surface area contributed by atoms with Crippen molar-refractivity contribution >= 4 is 50.7 Å². The van der Waals surface area contributed by atoms with Crippen LogP contribution in [0.1, 0.15) is 24.5 Å². The molecule has 6 rings (SSSR count). The van der Waals surface area contributed by atoms with E-state index in [1.807, 2.05) is 18.3 Å². The summed E-state index contributed by atoms with van der Waals surface area (Å²) in [6.07, 6.45) is 14.5. The quantitative estimate of drug-likeness (QED) is 0.153. The summed E-state index contributed by atoms with van der Waals surface area (Å²) >= 11 is 0.